The SMILES string of the molecule is CCN(CC)N1N=C(SC(=O)CNC(N)=O)C=C(SC(=O)CNC(N)=O)N1. The molecular weight excluding hydrogens is 396 g/mol. The summed E-state index contributed by atoms with van der Waals surface area (Å²) in [5.41, 5.74) is 12.8. The summed E-state index contributed by atoms with van der Waals surface area (Å²) in [6, 6.07) is -1.61. The van der Waals surface area contributed by atoms with Gasteiger partial charge >= 0.3 is 12.1 Å². The number of urea groups is 2. The molecule has 0 spiro atoms. The van der Waals surface area contributed by atoms with Crippen molar-refractivity contribution in [2.45, 2.75) is 13.8 Å². The van der Waals surface area contributed by atoms with Crippen LogP contribution in [0.5, 0.6) is 0 Å². The zero-order chi connectivity index (χ0) is 20.4. The molecule has 1 rings (SSSR count). The fourth-order valence-corrected chi connectivity index (χ4v) is 3.18. The molecule has 27 heavy (non-hydrogen) atoms. The second-order valence-corrected chi connectivity index (χ2v) is 7.05. The van der Waals surface area contributed by atoms with E-state index in [1.165, 1.54) is 11.3 Å². The molecule has 0 saturated heterocycles. The van der Waals surface area contributed by atoms with Crippen molar-refractivity contribution in [1.82, 2.24) is 26.3 Å². The second-order valence-electron chi connectivity index (χ2n) is 4.87. The van der Waals surface area contributed by atoms with Gasteiger partial charge in [-0.2, -0.15) is 5.01 Å². The van der Waals surface area contributed by atoms with E-state index in [0.717, 1.165) is 23.5 Å². The minimum absolute atomic E-state index is 0.245. The molecule has 0 fully saturated rings. The Labute approximate surface area is 164 Å². The Morgan fingerprint density at radius 2 is 1.59 bits per heavy atom. The van der Waals surface area contributed by atoms with Gasteiger partial charge in [0.25, 0.3) is 0 Å². The summed E-state index contributed by atoms with van der Waals surface area (Å²) >= 11 is 1.63. The molecule has 0 aliphatic carbocycles. The van der Waals surface area contributed by atoms with Gasteiger partial charge in [-0.15, -0.1) is 10.3 Å². The van der Waals surface area contributed by atoms with Crippen molar-refractivity contribution in [2.24, 2.45) is 16.6 Å². The third kappa shape index (κ3) is 8.65. The zero-order valence-electron chi connectivity index (χ0n) is 14.9. The van der Waals surface area contributed by atoms with Crippen LogP contribution in [0.1, 0.15) is 13.8 Å². The van der Waals surface area contributed by atoms with Gasteiger partial charge in [-0.05, 0) is 23.5 Å². The molecule has 12 nitrogen and oxygen atoms in total. The number of nitrogens with zero attached hydrogens (tertiary/aromatic N) is 3. The molecule has 0 aromatic carbocycles. The molecule has 0 saturated carbocycles. The number of carbonyl (C=O) groups is 4. The van der Waals surface area contributed by atoms with Crippen molar-refractivity contribution in [3.63, 3.8) is 0 Å². The van der Waals surface area contributed by atoms with Crippen molar-refractivity contribution in [1.29, 1.82) is 0 Å². The Balaban J connectivity index is 2.85. The Bertz CT molecular complexity index is 650. The van der Waals surface area contributed by atoms with Crippen LogP contribution in [0.3, 0.4) is 0 Å². The lowest BCUT2D eigenvalue weighted by Crippen LogP contribution is -2.48. The first-order valence-corrected chi connectivity index (χ1v) is 9.48. The summed E-state index contributed by atoms with van der Waals surface area (Å²) < 4.78 is 0. The quantitative estimate of drug-likeness (QED) is 0.333. The molecule has 1 aliphatic rings. The van der Waals surface area contributed by atoms with E-state index in [1.54, 1.807) is 0 Å². The standard InChI is InChI=1S/C13H22N8O4S2/c1-3-20(4-2)21-18-8(26-10(22)6-16-12(14)24)5-9(19-21)27-11(23)7-17-13(15)25/h5,18H,3-4,6-7H2,1-2H3,(H3,14,16,24)(H3,15,17,25). The summed E-state index contributed by atoms with van der Waals surface area (Å²) in [5, 5.41) is 11.9. The molecule has 14 heteroatoms. The largest absolute Gasteiger partial charge is 0.352 e. The van der Waals surface area contributed by atoms with Crippen LogP contribution in [0.15, 0.2) is 16.2 Å². The summed E-state index contributed by atoms with van der Waals surface area (Å²) in [5.74, 6) is 0. The minimum atomic E-state index is -0.805. The van der Waals surface area contributed by atoms with E-state index in [1.807, 2.05) is 18.9 Å². The molecule has 1 heterocycles. The normalized spacial score (nSPS) is 13.4. The van der Waals surface area contributed by atoms with Gasteiger partial charge in [0.15, 0.2) is 0 Å². The first-order valence-electron chi connectivity index (χ1n) is 7.85. The number of rotatable bonds is 8. The van der Waals surface area contributed by atoms with Crippen molar-refractivity contribution >= 4 is 50.9 Å². The van der Waals surface area contributed by atoms with Crippen LogP contribution in [0, 0.1) is 0 Å². The van der Waals surface area contributed by atoms with E-state index in [4.69, 9.17) is 11.5 Å². The summed E-state index contributed by atoms with van der Waals surface area (Å²) in [6.45, 7) is 4.58. The van der Waals surface area contributed by atoms with Gasteiger partial charge in [0.05, 0.1) is 13.1 Å². The molecular formula is C13H22N8O4S2. The summed E-state index contributed by atoms with van der Waals surface area (Å²) in [6.07, 6.45) is 1.51. The topological polar surface area (TPSA) is 175 Å². The number of hydrazine groups is 2. The third-order valence-electron chi connectivity index (χ3n) is 2.91. The molecule has 7 N–H and O–H groups in total. The number of hydrogen-bond donors (Lipinski definition) is 5. The van der Waals surface area contributed by atoms with Gasteiger partial charge in [-0.1, -0.05) is 13.8 Å². The van der Waals surface area contributed by atoms with Gasteiger partial charge in [0, 0.05) is 19.2 Å². The molecule has 0 atom stereocenters. The van der Waals surface area contributed by atoms with Crippen molar-refractivity contribution in [2.75, 3.05) is 26.2 Å². The Hall–Kier alpha value is -2.45. The predicted octanol–water partition coefficient (Wildman–Crippen LogP) is -0.925. The van der Waals surface area contributed by atoms with Gasteiger partial charge in [0.1, 0.15) is 10.1 Å². The smallest absolute Gasteiger partial charge is 0.312 e. The fraction of sp³-hybridized carbons (Fsp3) is 0.462. The zero-order valence-corrected chi connectivity index (χ0v) is 16.5. The molecule has 0 radical (unpaired) electrons. The van der Waals surface area contributed by atoms with Crippen LogP contribution in [0.2, 0.25) is 0 Å². The van der Waals surface area contributed by atoms with E-state index in [-0.39, 0.29) is 23.3 Å². The highest BCUT2D eigenvalue weighted by Crippen LogP contribution is 2.22. The van der Waals surface area contributed by atoms with Gasteiger partial charge < -0.3 is 22.1 Å². The number of amides is 4. The first kappa shape index (κ1) is 22.6. The van der Waals surface area contributed by atoms with Crippen LogP contribution >= 0.6 is 23.5 Å². The number of primary amides is 2. The summed E-state index contributed by atoms with van der Waals surface area (Å²) in [7, 11) is 0. The predicted molar refractivity (Wildman–Crippen MR) is 104 cm³/mol. The van der Waals surface area contributed by atoms with Crippen molar-refractivity contribution < 1.29 is 19.2 Å². The Morgan fingerprint density at radius 1 is 1.07 bits per heavy atom. The van der Waals surface area contributed by atoms with Crippen LogP contribution in [0.4, 0.5) is 9.59 Å². The van der Waals surface area contributed by atoms with E-state index in [9.17, 15) is 19.2 Å². The molecule has 1 aliphatic heterocycles. The maximum atomic E-state index is 11.9. The maximum Gasteiger partial charge on any atom is 0.312 e. The lowest BCUT2D eigenvalue weighted by atomic mass is 10.6. The molecule has 0 aromatic heterocycles. The Kier molecular flexibility index (Phi) is 9.46. The van der Waals surface area contributed by atoms with Crippen LogP contribution < -0.4 is 27.5 Å². The highest BCUT2D eigenvalue weighted by molar-refractivity contribution is 8.26. The number of nitrogens with one attached hydrogen (secondary N) is 3. The molecule has 0 aromatic rings. The van der Waals surface area contributed by atoms with Crippen molar-refractivity contribution in [3.05, 3.63) is 11.1 Å². The lowest BCUT2D eigenvalue weighted by molar-refractivity contribution is -0.110. The highest BCUT2D eigenvalue weighted by atomic mass is 32.2. The monoisotopic (exact) mass is 418 g/mol. The minimum Gasteiger partial charge on any atom is -0.352 e. The van der Waals surface area contributed by atoms with E-state index in [0.29, 0.717) is 23.2 Å². The lowest BCUT2D eigenvalue weighted by Gasteiger charge is -2.34. The molecule has 0 bridgehead atoms. The number of carbonyl (C=O) groups excluding carboxylic acids is 4. The number of hydrogen-bond acceptors (Lipinski definition) is 10. The number of nitrogens with two attached hydrogens (primary N) is 2. The summed E-state index contributed by atoms with van der Waals surface area (Å²) in [4.78, 5) is 45.3. The van der Waals surface area contributed by atoms with E-state index in [2.05, 4.69) is 21.2 Å². The van der Waals surface area contributed by atoms with Gasteiger partial charge in [-0.3, -0.25) is 15.0 Å². The first-order chi connectivity index (χ1) is 12.7. The average Bonchev–Trinajstić information content (AvgIpc) is 2.59. The second kappa shape index (κ2) is 11.3. The number of thioether (sulfide) groups is 2. The van der Waals surface area contributed by atoms with E-state index >= 15 is 0 Å². The average molecular weight is 419 g/mol. The van der Waals surface area contributed by atoms with E-state index < -0.39 is 12.1 Å². The molecule has 4 amide bonds. The Morgan fingerprint density at radius 3 is 2.07 bits per heavy atom. The molecule has 150 valence electrons. The molecule has 0 unspecified atom stereocenters. The van der Waals surface area contributed by atoms with Crippen LogP contribution in [-0.2, 0) is 9.59 Å². The van der Waals surface area contributed by atoms with Crippen LogP contribution in [0.25, 0.3) is 0 Å². The van der Waals surface area contributed by atoms with Gasteiger partial charge in [0.2, 0.25) is 10.2 Å². The van der Waals surface area contributed by atoms with Crippen LogP contribution in [-0.4, -0.2) is 63.8 Å². The third-order valence-corrected chi connectivity index (χ3v) is 4.49. The maximum absolute atomic E-state index is 11.9. The number of hydrazone groups is 1. The van der Waals surface area contributed by atoms with Crippen molar-refractivity contribution in [3.8, 4) is 0 Å². The highest BCUT2D eigenvalue weighted by Gasteiger charge is 2.22. The van der Waals surface area contributed by atoms with Gasteiger partial charge in [-0.25, -0.2) is 9.59 Å². The fourth-order valence-electron chi connectivity index (χ4n) is 1.75.